The first-order valence-corrected chi connectivity index (χ1v) is 10.5. The van der Waals surface area contributed by atoms with Crippen LogP contribution in [0, 0.1) is 0 Å². The minimum absolute atomic E-state index is 0.0877. The number of amides is 1. The van der Waals surface area contributed by atoms with Gasteiger partial charge in [0.25, 0.3) is 5.91 Å². The molecule has 0 radical (unpaired) electrons. The number of anilines is 1. The SMILES string of the molecule is O=C(NC(c1ccccc1)c1ccc(Br)cc1)c1ccc(N2CCOCC2)cc1. The Kier molecular flexibility index (Phi) is 6.27. The van der Waals surface area contributed by atoms with Gasteiger partial charge < -0.3 is 15.0 Å². The van der Waals surface area contributed by atoms with E-state index in [9.17, 15) is 4.79 Å². The van der Waals surface area contributed by atoms with Crippen LogP contribution in [-0.2, 0) is 4.74 Å². The quantitative estimate of drug-likeness (QED) is 0.606. The summed E-state index contributed by atoms with van der Waals surface area (Å²) in [5.41, 5.74) is 3.86. The van der Waals surface area contributed by atoms with Gasteiger partial charge in [-0.1, -0.05) is 58.4 Å². The monoisotopic (exact) mass is 450 g/mol. The number of halogens is 1. The van der Waals surface area contributed by atoms with Crippen molar-refractivity contribution in [3.8, 4) is 0 Å². The summed E-state index contributed by atoms with van der Waals surface area (Å²) in [6.07, 6.45) is 0. The predicted molar refractivity (Wildman–Crippen MR) is 119 cm³/mol. The van der Waals surface area contributed by atoms with Crippen molar-refractivity contribution in [1.29, 1.82) is 0 Å². The molecule has 3 aromatic rings. The molecule has 148 valence electrons. The second kappa shape index (κ2) is 9.25. The molecule has 1 atom stereocenters. The molecule has 0 saturated carbocycles. The molecule has 5 heteroatoms. The minimum Gasteiger partial charge on any atom is -0.378 e. The van der Waals surface area contributed by atoms with Crippen molar-refractivity contribution in [1.82, 2.24) is 5.32 Å². The summed E-state index contributed by atoms with van der Waals surface area (Å²) < 4.78 is 6.42. The van der Waals surface area contributed by atoms with E-state index in [1.54, 1.807) is 0 Å². The van der Waals surface area contributed by atoms with Gasteiger partial charge in [-0.2, -0.15) is 0 Å². The lowest BCUT2D eigenvalue weighted by atomic mass is 9.98. The van der Waals surface area contributed by atoms with Crippen LogP contribution in [0.5, 0.6) is 0 Å². The summed E-state index contributed by atoms with van der Waals surface area (Å²) in [6.45, 7) is 3.25. The van der Waals surface area contributed by atoms with Crippen LogP contribution in [0.3, 0.4) is 0 Å². The maximum absolute atomic E-state index is 13.0. The van der Waals surface area contributed by atoms with Gasteiger partial charge >= 0.3 is 0 Å². The Bertz CT molecular complexity index is 937. The van der Waals surface area contributed by atoms with Crippen LogP contribution in [-0.4, -0.2) is 32.2 Å². The number of nitrogens with zero attached hydrogens (tertiary/aromatic N) is 1. The van der Waals surface area contributed by atoms with E-state index < -0.39 is 0 Å². The molecule has 4 nitrogen and oxygen atoms in total. The zero-order chi connectivity index (χ0) is 20.1. The molecule has 0 aliphatic carbocycles. The predicted octanol–water partition coefficient (Wildman–Crippen LogP) is 4.81. The Balaban J connectivity index is 1.54. The molecule has 29 heavy (non-hydrogen) atoms. The van der Waals surface area contributed by atoms with Crippen molar-refractivity contribution in [2.24, 2.45) is 0 Å². The summed E-state index contributed by atoms with van der Waals surface area (Å²) in [6, 6.07) is 25.7. The van der Waals surface area contributed by atoms with Crippen molar-refractivity contribution in [2.45, 2.75) is 6.04 Å². The Labute approximate surface area is 179 Å². The number of hydrogen-bond acceptors (Lipinski definition) is 3. The molecule has 1 unspecified atom stereocenters. The fraction of sp³-hybridized carbons (Fsp3) is 0.208. The first kappa shape index (κ1) is 19.7. The third kappa shape index (κ3) is 4.86. The third-order valence-corrected chi connectivity index (χ3v) is 5.65. The molecule has 1 amide bonds. The van der Waals surface area contributed by atoms with Gasteiger partial charge in [-0.3, -0.25) is 4.79 Å². The highest BCUT2D eigenvalue weighted by Crippen LogP contribution is 2.25. The van der Waals surface area contributed by atoms with E-state index in [0.29, 0.717) is 5.56 Å². The number of rotatable bonds is 5. The molecule has 3 aromatic carbocycles. The number of ether oxygens (including phenoxy) is 1. The smallest absolute Gasteiger partial charge is 0.252 e. The summed E-state index contributed by atoms with van der Waals surface area (Å²) in [7, 11) is 0. The van der Waals surface area contributed by atoms with Crippen molar-refractivity contribution in [3.63, 3.8) is 0 Å². The fourth-order valence-corrected chi connectivity index (χ4v) is 3.78. The zero-order valence-electron chi connectivity index (χ0n) is 16.1. The summed E-state index contributed by atoms with van der Waals surface area (Å²) in [4.78, 5) is 15.3. The van der Waals surface area contributed by atoms with Gasteiger partial charge in [-0.25, -0.2) is 0 Å². The first-order chi connectivity index (χ1) is 14.2. The van der Waals surface area contributed by atoms with Crippen LogP contribution in [0.4, 0.5) is 5.69 Å². The molecule has 0 aromatic heterocycles. The third-order valence-electron chi connectivity index (χ3n) is 5.12. The lowest BCUT2D eigenvalue weighted by Gasteiger charge is -2.29. The second-order valence-corrected chi connectivity index (χ2v) is 7.93. The van der Waals surface area contributed by atoms with Crippen molar-refractivity contribution >= 4 is 27.5 Å². The van der Waals surface area contributed by atoms with E-state index >= 15 is 0 Å². The summed E-state index contributed by atoms with van der Waals surface area (Å²) in [5, 5.41) is 3.20. The molecule has 1 fully saturated rings. The lowest BCUT2D eigenvalue weighted by molar-refractivity contribution is 0.0943. The van der Waals surface area contributed by atoms with Crippen LogP contribution in [0.25, 0.3) is 0 Å². The Hall–Kier alpha value is -2.63. The van der Waals surface area contributed by atoms with Crippen LogP contribution in [0.2, 0.25) is 0 Å². The van der Waals surface area contributed by atoms with Crippen molar-refractivity contribution in [2.75, 3.05) is 31.2 Å². The van der Waals surface area contributed by atoms with E-state index in [4.69, 9.17) is 4.74 Å². The number of hydrogen-bond donors (Lipinski definition) is 1. The fourth-order valence-electron chi connectivity index (χ4n) is 3.52. The highest BCUT2D eigenvalue weighted by atomic mass is 79.9. The standard InChI is InChI=1S/C24H23BrN2O2/c25-21-10-6-19(7-11-21)23(18-4-2-1-3-5-18)26-24(28)20-8-12-22(13-9-20)27-14-16-29-17-15-27/h1-13,23H,14-17H2,(H,26,28). The lowest BCUT2D eigenvalue weighted by Crippen LogP contribution is -2.36. The van der Waals surface area contributed by atoms with E-state index in [0.717, 1.165) is 47.6 Å². The van der Waals surface area contributed by atoms with E-state index in [2.05, 4.69) is 26.1 Å². The molecule has 0 bridgehead atoms. The van der Waals surface area contributed by atoms with E-state index in [1.807, 2.05) is 78.9 Å². The maximum Gasteiger partial charge on any atom is 0.252 e. The molecule has 4 rings (SSSR count). The van der Waals surface area contributed by atoms with Crippen LogP contribution < -0.4 is 10.2 Å². The molecule has 1 heterocycles. The Morgan fingerprint density at radius 1 is 0.862 bits per heavy atom. The van der Waals surface area contributed by atoms with Crippen LogP contribution >= 0.6 is 15.9 Å². The highest BCUT2D eigenvalue weighted by molar-refractivity contribution is 9.10. The van der Waals surface area contributed by atoms with Gasteiger partial charge in [-0.05, 0) is 47.5 Å². The van der Waals surface area contributed by atoms with Crippen molar-refractivity contribution < 1.29 is 9.53 Å². The number of nitrogens with one attached hydrogen (secondary N) is 1. The molecule has 1 N–H and O–H groups in total. The minimum atomic E-state index is -0.212. The molecule has 1 aliphatic rings. The molecule has 1 saturated heterocycles. The number of benzene rings is 3. The number of carbonyl (C=O) groups excluding carboxylic acids is 1. The van der Waals surface area contributed by atoms with E-state index in [-0.39, 0.29) is 11.9 Å². The normalized spacial score (nSPS) is 15.0. The maximum atomic E-state index is 13.0. The second-order valence-electron chi connectivity index (χ2n) is 7.02. The topological polar surface area (TPSA) is 41.6 Å². The van der Waals surface area contributed by atoms with E-state index in [1.165, 1.54) is 0 Å². The first-order valence-electron chi connectivity index (χ1n) is 9.75. The molecule has 0 spiro atoms. The average molecular weight is 451 g/mol. The Morgan fingerprint density at radius 3 is 2.14 bits per heavy atom. The van der Waals surface area contributed by atoms with Crippen LogP contribution in [0.15, 0.2) is 83.3 Å². The van der Waals surface area contributed by atoms with Crippen molar-refractivity contribution in [3.05, 3.63) is 100 Å². The molecular formula is C24H23BrN2O2. The van der Waals surface area contributed by atoms with Gasteiger partial charge in [0.15, 0.2) is 0 Å². The Morgan fingerprint density at radius 2 is 1.48 bits per heavy atom. The largest absolute Gasteiger partial charge is 0.378 e. The molecular weight excluding hydrogens is 428 g/mol. The van der Waals surface area contributed by atoms with Crippen LogP contribution in [0.1, 0.15) is 27.5 Å². The highest BCUT2D eigenvalue weighted by Gasteiger charge is 2.18. The summed E-state index contributed by atoms with van der Waals surface area (Å²) in [5.74, 6) is -0.0877. The summed E-state index contributed by atoms with van der Waals surface area (Å²) >= 11 is 3.48. The molecule has 1 aliphatic heterocycles. The zero-order valence-corrected chi connectivity index (χ0v) is 17.6. The van der Waals surface area contributed by atoms with Gasteiger partial charge in [0, 0.05) is 28.8 Å². The number of morpholine rings is 1. The van der Waals surface area contributed by atoms with Gasteiger partial charge in [0.2, 0.25) is 0 Å². The number of carbonyl (C=O) groups is 1. The average Bonchev–Trinajstić information content (AvgIpc) is 2.79. The van der Waals surface area contributed by atoms with Gasteiger partial charge in [-0.15, -0.1) is 0 Å². The van der Waals surface area contributed by atoms with Gasteiger partial charge in [0.1, 0.15) is 0 Å². The van der Waals surface area contributed by atoms with Gasteiger partial charge in [0.05, 0.1) is 19.3 Å².